The molecule has 1 aliphatic rings. The minimum Gasteiger partial charge on any atom is -0.467 e. The van der Waals surface area contributed by atoms with E-state index in [1.807, 2.05) is 0 Å². The summed E-state index contributed by atoms with van der Waals surface area (Å²) in [4.78, 5) is 23.4. The van der Waals surface area contributed by atoms with E-state index in [2.05, 4.69) is 10.1 Å². The van der Waals surface area contributed by atoms with Crippen LogP contribution in [0.2, 0.25) is 0 Å². The lowest BCUT2D eigenvalue weighted by Gasteiger charge is -2.26. The Kier molecular flexibility index (Phi) is 6.91. The van der Waals surface area contributed by atoms with Crippen molar-refractivity contribution in [2.24, 2.45) is 0 Å². The summed E-state index contributed by atoms with van der Waals surface area (Å²) in [5.41, 5.74) is -0.641. The number of rotatable bonds is 5. The van der Waals surface area contributed by atoms with E-state index >= 15 is 0 Å². The van der Waals surface area contributed by atoms with E-state index in [0.29, 0.717) is 6.61 Å². The smallest absolute Gasteiger partial charge is 0.408 e. The fourth-order valence-corrected chi connectivity index (χ4v) is 1.81. The van der Waals surface area contributed by atoms with E-state index in [1.54, 1.807) is 20.8 Å². The zero-order valence-electron chi connectivity index (χ0n) is 13.1. The molecule has 0 radical (unpaired) electrons. The van der Waals surface area contributed by atoms with Gasteiger partial charge in [0.15, 0.2) is 12.3 Å². The van der Waals surface area contributed by atoms with Crippen LogP contribution >= 0.6 is 0 Å². The molecule has 7 heteroatoms. The van der Waals surface area contributed by atoms with E-state index < -0.39 is 23.7 Å². The van der Waals surface area contributed by atoms with Crippen molar-refractivity contribution in [3.8, 4) is 0 Å². The van der Waals surface area contributed by atoms with Crippen molar-refractivity contribution in [3.05, 3.63) is 0 Å². The second kappa shape index (κ2) is 8.19. The fraction of sp³-hybridized carbons (Fsp3) is 0.857. The molecule has 1 fully saturated rings. The van der Waals surface area contributed by atoms with Gasteiger partial charge < -0.3 is 24.3 Å². The molecular weight excluding hydrogens is 278 g/mol. The van der Waals surface area contributed by atoms with Crippen molar-refractivity contribution < 1.29 is 28.5 Å². The second-order valence-corrected chi connectivity index (χ2v) is 5.85. The van der Waals surface area contributed by atoms with E-state index in [4.69, 9.17) is 14.2 Å². The zero-order chi connectivity index (χ0) is 15.9. The van der Waals surface area contributed by atoms with Gasteiger partial charge in [-0.2, -0.15) is 0 Å². The lowest BCUT2D eigenvalue weighted by Crippen LogP contribution is -2.47. The van der Waals surface area contributed by atoms with Crippen molar-refractivity contribution >= 4 is 12.1 Å². The van der Waals surface area contributed by atoms with Crippen LogP contribution in [0.4, 0.5) is 4.79 Å². The number of carbonyl (C=O) groups excluding carboxylic acids is 2. The standard InChI is InChI=1S/C14H25NO6/c1-14(2,3)21-13(17)15-10(12(16)18-4)9-20-11-7-5-6-8-19-11/h10-11H,5-9H2,1-4H3,(H,15,17)/t10-,11-/m0/s1. The third-order valence-electron chi connectivity index (χ3n) is 2.76. The Balaban J connectivity index is 2.47. The molecule has 1 N–H and O–H groups in total. The number of methoxy groups -OCH3 is 1. The van der Waals surface area contributed by atoms with E-state index in [0.717, 1.165) is 19.3 Å². The number of carbonyl (C=O) groups is 2. The normalized spacial score (nSPS) is 20.5. The molecule has 21 heavy (non-hydrogen) atoms. The fourth-order valence-electron chi connectivity index (χ4n) is 1.81. The molecule has 0 aliphatic carbocycles. The van der Waals surface area contributed by atoms with Crippen LogP contribution in [0.5, 0.6) is 0 Å². The lowest BCUT2D eigenvalue weighted by atomic mass is 10.2. The number of alkyl carbamates (subject to hydrolysis) is 1. The minimum absolute atomic E-state index is 0.0173. The van der Waals surface area contributed by atoms with Crippen LogP contribution in [0.15, 0.2) is 0 Å². The van der Waals surface area contributed by atoms with Crippen LogP contribution in [0.1, 0.15) is 40.0 Å². The summed E-state index contributed by atoms with van der Waals surface area (Å²) < 4.78 is 20.7. The summed E-state index contributed by atoms with van der Waals surface area (Å²) >= 11 is 0. The maximum absolute atomic E-state index is 11.7. The summed E-state index contributed by atoms with van der Waals surface area (Å²) in [7, 11) is 1.25. The molecular formula is C14H25NO6. The largest absolute Gasteiger partial charge is 0.467 e. The van der Waals surface area contributed by atoms with Gasteiger partial charge in [0.25, 0.3) is 0 Å². The molecule has 7 nitrogen and oxygen atoms in total. The third kappa shape index (κ3) is 7.29. The first kappa shape index (κ1) is 17.7. The molecule has 1 rings (SSSR count). The molecule has 1 aliphatic heterocycles. The van der Waals surface area contributed by atoms with Crippen LogP contribution < -0.4 is 5.32 Å². The van der Waals surface area contributed by atoms with Crippen molar-refractivity contribution in [2.45, 2.75) is 58.0 Å². The molecule has 1 saturated heterocycles. The molecule has 1 heterocycles. The molecule has 1 amide bonds. The van der Waals surface area contributed by atoms with Crippen LogP contribution in [0.3, 0.4) is 0 Å². The van der Waals surface area contributed by atoms with Gasteiger partial charge in [0, 0.05) is 6.61 Å². The Hall–Kier alpha value is -1.34. The SMILES string of the molecule is COC(=O)[C@H](CO[C@H]1CCCCO1)NC(=O)OC(C)(C)C. The Morgan fingerprint density at radius 2 is 2.05 bits per heavy atom. The van der Waals surface area contributed by atoms with Gasteiger partial charge in [0.1, 0.15) is 5.60 Å². The predicted molar refractivity (Wildman–Crippen MR) is 74.7 cm³/mol. The summed E-state index contributed by atoms with van der Waals surface area (Å²) in [6.45, 7) is 5.86. The van der Waals surface area contributed by atoms with Crippen LogP contribution in [-0.4, -0.2) is 50.3 Å². The molecule has 0 aromatic rings. The Labute approximate surface area is 125 Å². The summed E-state index contributed by atoms with van der Waals surface area (Å²) in [5.74, 6) is -0.586. The van der Waals surface area contributed by atoms with Gasteiger partial charge >= 0.3 is 12.1 Å². The first-order valence-corrected chi connectivity index (χ1v) is 7.12. The van der Waals surface area contributed by atoms with Gasteiger partial charge in [0.2, 0.25) is 0 Å². The average molecular weight is 303 g/mol. The van der Waals surface area contributed by atoms with E-state index in [9.17, 15) is 9.59 Å². The van der Waals surface area contributed by atoms with Gasteiger partial charge in [-0.3, -0.25) is 0 Å². The molecule has 0 bridgehead atoms. The zero-order valence-corrected chi connectivity index (χ0v) is 13.1. The first-order chi connectivity index (χ1) is 9.81. The first-order valence-electron chi connectivity index (χ1n) is 7.12. The molecule has 0 aromatic heterocycles. The van der Waals surface area contributed by atoms with Gasteiger partial charge in [-0.1, -0.05) is 0 Å². The van der Waals surface area contributed by atoms with Crippen molar-refractivity contribution in [1.29, 1.82) is 0 Å². The van der Waals surface area contributed by atoms with Crippen molar-refractivity contribution in [2.75, 3.05) is 20.3 Å². The highest BCUT2D eigenvalue weighted by molar-refractivity contribution is 5.81. The number of amides is 1. The summed E-state index contributed by atoms with van der Waals surface area (Å²) in [5, 5.41) is 2.45. The molecule has 2 atom stereocenters. The van der Waals surface area contributed by atoms with Crippen LogP contribution in [-0.2, 0) is 23.7 Å². The Morgan fingerprint density at radius 3 is 2.57 bits per heavy atom. The Morgan fingerprint density at radius 1 is 1.33 bits per heavy atom. The number of esters is 1. The minimum atomic E-state index is -0.921. The molecule has 122 valence electrons. The number of nitrogens with one attached hydrogen (secondary N) is 1. The van der Waals surface area contributed by atoms with Crippen LogP contribution in [0, 0.1) is 0 Å². The quantitative estimate of drug-likeness (QED) is 0.777. The summed E-state index contributed by atoms with van der Waals surface area (Å²) in [6.07, 6.45) is 1.78. The number of ether oxygens (including phenoxy) is 4. The molecule has 0 spiro atoms. The van der Waals surface area contributed by atoms with Gasteiger partial charge in [-0.25, -0.2) is 9.59 Å². The molecule has 0 aromatic carbocycles. The van der Waals surface area contributed by atoms with Gasteiger partial charge in [-0.05, 0) is 40.0 Å². The summed E-state index contributed by atoms with van der Waals surface area (Å²) in [6, 6.07) is -0.921. The van der Waals surface area contributed by atoms with Crippen molar-refractivity contribution in [1.82, 2.24) is 5.32 Å². The highest BCUT2D eigenvalue weighted by atomic mass is 16.7. The maximum atomic E-state index is 11.7. The highest BCUT2D eigenvalue weighted by Crippen LogP contribution is 2.14. The van der Waals surface area contributed by atoms with Gasteiger partial charge in [-0.15, -0.1) is 0 Å². The second-order valence-electron chi connectivity index (χ2n) is 5.85. The monoisotopic (exact) mass is 303 g/mol. The topological polar surface area (TPSA) is 83.1 Å². The lowest BCUT2D eigenvalue weighted by molar-refractivity contribution is -0.172. The number of hydrogen-bond donors (Lipinski definition) is 1. The molecule has 0 unspecified atom stereocenters. The van der Waals surface area contributed by atoms with E-state index in [-0.39, 0.29) is 12.9 Å². The molecule has 0 saturated carbocycles. The average Bonchev–Trinajstić information content (AvgIpc) is 2.41. The van der Waals surface area contributed by atoms with Gasteiger partial charge in [0.05, 0.1) is 13.7 Å². The van der Waals surface area contributed by atoms with Crippen LogP contribution in [0.25, 0.3) is 0 Å². The van der Waals surface area contributed by atoms with E-state index in [1.165, 1.54) is 7.11 Å². The maximum Gasteiger partial charge on any atom is 0.408 e. The number of hydrogen-bond acceptors (Lipinski definition) is 6. The Bertz CT molecular complexity index is 346. The highest BCUT2D eigenvalue weighted by Gasteiger charge is 2.27. The predicted octanol–water partition coefficient (Wildman–Crippen LogP) is 1.60. The van der Waals surface area contributed by atoms with Crippen molar-refractivity contribution in [3.63, 3.8) is 0 Å². The third-order valence-corrected chi connectivity index (χ3v) is 2.76.